The fraction of sp³-hybridized carbons (Fsp3) is 0.269. The van der Waals surface area contributed by atoms with Crippen molar-refractivity contribution in [1.29, 1.82) is 0 Å². The van der Waals surface area contributed by atoms with Crippen LogP contribution in [0, 0.1) is 13.8 Å². The topological polar surface area (TPSA) is 76.8 Å². The lowest BCUT2D eigenvalue weighted by Crippen LogP contribution is -2.31. The number of aromatic nitrogens is 4. The van der Waals surface area contributed by atoms with Gasteiger partial charge in [-0.2, -0.15) is 10.2 Å². The number of carbonyl (C=O) groups excluding carboxylic acids is 1. The van der Waals surface area contributed by atoms with Gasteiger partial charge in [-0.1, -0.05) is 54.1 Å². The Morgan fingerprint density at radius 2 is 1.89 bits per heavy atom. The first-order valence-corrected chi connectivity index (χ1v) is 11.5. The highest BCUT2D eigenvalue weighted by molar-refractivity contribution is 6.07. The Kier molecular flexibility index (Phi) is 6.07. The van der Waals surface area contributed by atoms with Crippen LogP contribution in [0.15, 0.2) is 67.1 Å². The Morgan fingerprint density at radius 3 is 2.63 bits per heavy atom. The number of hydrogen-bond acceptors (Lipinski definition) is 4. The van der Waals surface area contributed by atoms with Gasteiger partial charge < -0.3 is 10.6 Å². The van der Waals surface area contributed by atoms with Crippen LogP contribution in [0.2, 0.25) is 0 Å². The van der Waals surface area contributed by atoms with Crippen molar-refractivity contribution in [2.75, 3.05) is 10.6 Å². The van der Waals surface area contributed by atoms with Crippen LogP contribution in [-0.2, 0) is 6.54 Å². The number of halogens is 2. The molecule has 0 unspecified atom stereocenters. The van der Waals surface area contributed by atoms with Crippen molar-refractivity contribution in [1.82, 2.24) is 19.6 Å². The van der Waals surface area contributed by atoms with Gasteiger partial charge in [0.25, 0.3) is 12.3 Å². The fourth-order valence-electron chi connectivity index (χ4n) is 4.39. The van der Waals surface area contributed by atoms with E-state index in [9.17, 15) is 13.6 Å². The molecular weight excluding hydrogens is 450 g/mol. The van der Waals surface area contributed by atoms with Crippen molar-refractivity contribution in [3.63, 3.8) is 0 Å². The molecule has 35 heavy (non-hydrogen) atoms. The van der Waals surface area contributed by atoms with E-state index in [1.54, 1.807) is 17.1 Å². The Balaban J connectivity index is 1.36. The maximum absolute atomic E-state index is 13.9. The number of nitrogens with one attached hydrogen (secondary N) is 2. The van der Waals surface area contributed by atoms with Crippen LogP contribution in [0.1, 0.15) is 51.1 Å². The second-order valence-corrected chi connectivity index (χ2v) is 8.90. The number of fused-ring (bicyclic) bond motifs is 1. The molecule has 0 saturated carbocycles. The van der Waals surface area contributed by atoms with Gasteiger partial charge in [0.15, 0.2) is 0 Å². The zero-order chi connectivity index (χ0) is 24.5. The fourth-order valence-corrected chi connectivity index (χ4v) is 4.39. The molecule has 2 N–H and O–H groups in total. The van der Waals surface area contributed by atoms with Crippen LogP contribution in [-0.4, -0.2) is 31.9 Å². The van der Waals surface area contributed by atoms with E-state index >= 15 is 0 Å². The predicted octanol–water partition coefficient (Wildman–Crippen LogP) is 5.36. The van der Waals surface area contributed by atoms with Crippen molar-refractivity contribution in [2.45, 2.75) is 45.3 Å². The number of alkyl halides is 2. The maximum atomic E-state index is 13.9. The lowest BCUT2D eigenvalue weighted by atomic mass is 9.96. The number of carbonyl (C=O) groups is 1. The molecule has 3 heterocycles. The summed E-state index contributed by atoms with van der Waals surface area (Å²) in [5.74, 6) is -0.149. The average molecular weight is 477 g/mol. The summed E-state index contributed by atoms with van der Waals surface area (Å²) in [6.07, 6.45) is 2.20. The molecule has 0 bridgehead atoms. The summed E-state index contributed by atoms with van der Waals surface area (Å²) >= 11 is 0. The highest BCUT2D eigenvalue weighted by atomic mass is 19.3. The number of hydrogen-bond donors (Lipinski definition) is 2. The van der Waals surface area contributed by atoms with E-state index in [0.717, 1.165) is 22.3 Å². The van der Waals surface area contributed by atoms with Crippen molar-refractivity contribution in [3.8, 4) is 0 Å². The third kappa shape index (κ3) is 4.66. The number of amides is 1. The molecule has 2 atom stereocenters. The standard InChI is InChI=1S/C26H26F2N6O/c1-16-7-9-18(10-8-16)22-11-23(24(27)28)34-25(32-22)21(13-30-34)26(35)31-20-12-29-33(15-20)14-19-6-4-3-5-17(19)2/h3-10,12-13,15,22-24,32H,11,14H2,1-2H3,(H,31,35)/t22-,23-/m1/s1. The van der Waals surface area contributed by atoms with E-state index < -0.39 is 18.4 Å². The highest BCUT2D eigenvalue weighted by Gasteiger charge is 2.36. The Morgan fingerprint density at radius 1 is 1.11 bits per heavy atom. The quantitative estimate of drug-likeness (QED) is 0.393. The molecule has 4 aromatic rings. The van der Waals surface area contributed by atoms with Gasteiger partial charge in [-0.25, -0.2) is 13.5 Å². The SMILES string of the molecule is Cc1ccc([C@H]2C[C@H](C(F)F)n3ncc(C(=O)Nc4cnn(Cc5ccccc5C)c4)c3N2)cc1. The largest absolute Gasteiger partial charge is 0.363 e. The molecule has 0 aliphatic carbocycles. The number of nitrogens with zero attached hydrogens (tertiary/aromatic N) is 4. The predicted molar refractivity (Wildman–Crippen MR) is 130 cm³/mol. The molecule has 2 aromatic heterocycles. The van der Waals surface area contributed by atoms with Crippen LogP contribution in [0.4, 0.5) is 20.3 Å². The molecule has 1 aliphatic rings. The minimum atomic E-state index is -2.61. The molecule has 9 heteroatoms. The molecule has 1 aliphatic heterocycles. The second-order valence-electron chi connectivity index (χ2n) is 8.90. The van der Waals surface area contributed by atoms with Gasteiger partial charge in [-0.15, -0.1) is 0 Å². The summed E-state index contributed by atoms with van der Waals surface area (Å²) in [6.45, 7) is 4.58. The molecule has 180 valence electrons. The molecule has 0 spiro atoms. The molecule has 0 fully saturated rings. The lowest BCUT2D eigenvalue weighted by Gasteiger charge is -2.32. The average Bonchev–Trinajstić information content (AvgIpc) is 3.47. The smallest absolute Gasteiger partial charge is 0.261 e. The third-order valence-corrected chi connectivity index (χ3v) is 6.40. The first-order valence-electron chi connectivity index (χ1n) is 11.5. The Labute approximate surface area is 201 Å². The summed E-state index contributed by atoms with van der Waals surface area (Å²) < 4.78 is 30.8. The molecule has 0 saturated heterocycles. The van der Waals surface area contributed by atoms with E-state index in [1.165, 1.54) is 10.9 Å². The van der Waals surface area contributed by atoms with E-state index in [-0.39, 0.29) is 23.8 Å². The maximum Gasteiger partial charge on any atom is 0.261 e. The van der Waals surface area contributed by atoms with E-state index in [0.29, 0.717) is 12.2 Å². The molecule has 0 radical (unpaired) electrons. The normalized spacial score (nSPS) is 17.2. The third-order valence-electron chi connectivity index (χ3n) is 6.40. The molecule has 1 amide bonds. The van der Waals surface area contributed by atoms with Gasteiger partial charge in [0.1, 0.15) is 17.4 Å². The Hall–Kier alpha value is -4.01. The zero-order valence-corrected chi connectivity index (χ0v) is 19.5. The van der Waals surface area contributed by atoms with Gasteiger partial charge in [0, 0.05) is 6.20 Å². The first-order chi connectivity index (χ1) is 16.9. The van der Waals surface area contributed by atoms with Gasteiger partial charge in [-0.05, 0) is 37.0 Å². The summed E-state index contributed by atoms with van der Waals surface area (Å²) in [4.78, 5) is 13.1. The summed E-state index contributed by atoms with van der Waals surface area (Å²) in [5, 5.41) is 14.5. The second kappa shape index (κ2) is 9.32. The molecular formula is C26H26F2N6O. The molecule has 7 nitrogen and oxygen atoms in total. The van der Waals surface area contributed by atoms with Crippen molar-refractivity contribution in [3.05, 3.63) is 94.9 Å². The van der Waals surface area contributed by atoms with Crippen molar-refractivity contribution < 1.29 is 13.6 Å². The van der Waals surface area contributed by atoms with Gasteiger partial charge in [0.05, 0.1) is 30.7 Å². The summed E-state index contributed by atoms with van der Waals surface area (Å²) in [7, 11) is 0. The van der Waals surface area contributed by atoms with E-state index in [4.69, 9.17) is 0 Å². The van der Waals surface area contributed by atoms with Crippen LogP contribution < -0.4 is 10.6 Å². The first kappa shape index (κ1) is 22.8. The van der Waals surface area contributed by atoms with E-state index in [1.807, 2.05) is 62.4 Å². The van der Waals surface area contributed by atoms with Crippen LogP contribution in [0.25, 0.3) is 0 Å². The number of aryl methyl sites for hydroxylation is 2. The van der Waals surface area contributed by atoms with Crippen LogP contribution in [0.5, 0.6) is 0 Å². The van der Waals surface area contributed by atoms with Crippen molar-refractivity contribution >= 4 is 17.4 Å². The summed E-state index contributed by atoms with van der Waals surface area (Å²) in [6, 6.07) is 14.3. The van der Waals surface area contributed by atoms with Gasteiger partial charge >= 0.3 is 0 Å². The number of benzene rings is 2. The van der Waals surface area contributed by atoms with Crippen molar-refractivity contribution in [2.24, 2.45) is 0 Å². The van der Waals surface area contributed by atoms with E-state index in [2.05, 4.69) is 20.8 Å². The number of rotatable bonds is 6. The van der Waals surface area contributed by atoms with Gasteiger partial charge in [0.2, 0.25) is 0 Å². The Bertz CT molecular complexity index is 1340. The molecule has 5 rings (SSSR count). The zero-order valence-electron chi connectivity index (χ0n) is 19.5. The number of anilines is 2. The van der Waals surface area contributed by atoms with Gasteiger partial charge in [-0.3, -0.25) is 9.48 Å². The molecule has 2 aromatic carbocycles. The lowest BCUT2D eigenvalue weighted by molar-refractivity contribution is 0.0657. The van der Waals surface area contributed by atoms with Crippen LogP contribution in [0.3, 0.4) is 0 Å². The summed E-state index contributed by atoms with van der Waals surface area (Å²) in [5.41, 5.74) is 4.98. The minimum Gasteiger partial charge on any atom is -0.363 e. The minimum absolute atomic E-state index is 0.169. The van der Waals surface area contributed by atoms with Crippen LogP contribution >= 0.6 is 0 Å². The highest BCUT2D eigenvalue weighted by Crippen LogP contribution is 2.39. The monoisotopic (exact) mass is 476 g/mol.